The first-order chi connectivity index (χ1) is 15.5. The van der Waals surface area contributed by atoms with Crippen molar-refractivity contribution < 1.29 is 9.53 Å². The molecule has 0 bridgehead atoms. The van der Waals surface area contributed by atoms with Gasteiger partial charge in [0.25, 0.3) is 11.5 Å². The number of nitrogens with one attached hydrogen (secondary N) is 1. The van der Waals surface area contributed by atoms with E-state index in [0.29, 0.717) is 39.4 Å². The highest BCUT2D eigenvalue weighted by molar-refractivity contribution is 9.10. The zero-order chi connectivity index (χ0) is 22.4. The first kappa shape index (κ1) is 20.7. The Balaban J connectivity index is 1.85. The molecule has 0 saturated heterocycles. The number of ether oxygens (including phenoxy) is 1. The fourth-order valence-electron chi connectivity index (χ4n) is 3.75. The molecule has 0 saturated carbocycles. The molecule has 32 heavy (non-hydrogen) atoms. The van der Waals surface area contributed by atoms with Gasteiger partial charge >= 0.3 is 0 Å². The Labute approximate surface area is 199 Å². The topological polar surface area (TPSA) is 73.2 Å². The average molecular weight is 553 g/mol. The molecule has 4 aromatic rings. The standard InChI is InChI=1S/C24H15Br2N3O3/c1-32-21-5-3-2-4-20(21)29-22(27-19-9-7-14(26)11-17(19)24(29)31)12-16-15-10-13(25)6-8-18(15)28-23(16)30/h2-12H,1H3,(H,28,30). The van der Waals surface area contributed by atoms with Gasteiger partial charge in [0.05, 0.1) is 29.3 Å². The van der Waals surface area contributed by atoms with Crippen LogP contribution in [0.15, 0.2) is 74.4 Å². The third-order valence-corrected chi connectivity index (χ3v) is 6.21. The molecule has 0 atom stereocenters. The van der Waals surface area contributed by atoms with Crippen molar-refractivity contribution in [2.24, 2.45) is 0 Å². The van der Waals surface area contributed by atoms with Gasteiger partial charge in [0.2, 0.25) is 0 Å². The van der Waals surface area contributed by atoms with Gasteiger partial charge in [-0.15, -0.1) is 0 Å². The predicted molar refractivity (Wildman–Crippen MR) is 132 cm³/mol. The zero-order valence-corrected chi connectivity index (χ0v) is 19.9. The third-order valence-electron chi connectivity index (χ3n) is 5.22. The summed E-state index contributed by atoms with van der Waals surface area (Å²) in [6.45, 7) is 0. The van der Waals surface area contributed by atoms with E-state index in [9.17, 15) is 9.59 Å². The van der Waals surface area contributed by atoms with Crippen molar-refractivity contribution in [1.29, 1.82) is 0 Å². The second-order valence-electron chi connectivity index (χ2n) is 7.15. The molecule has 0 radical (unpaired) electrons. The highest BCUT2D eigenvalue weighted by Gasteiger charge is 2.26. The Morgan fingerprint density at radius 2 is 1.75 bits per heavy atom. The highest BCUT2D eigenvalue weighted by Crippen LogP contribution is 2.35. The minimum absolute atomic E-state index is 0.255. The summed E-state index contributed by atoms with van der Waals surface area (Å²) in [4.78, 5) is 31.1. The minimum Gasteiger partial charge on any atom is -0.495 e. The lowest BCUT2D eigenvalue weighted by molar-refractivity contribution is -0.110. The van der Waals surface area contributed by atoms with Gasteiger partial charge in [-0.2, -0.15) is 0 Å². The van der Waals surface area contributed by atoms with Gasteiger partial charge in [0.15, 0.2) is 0 Å². The van der Waals surface area contributed by atoms with Crippen LogP contribution in [-0.4, -0.2) is 22.6 Å². The highest BCUT2D eigenvalue weighted by atomic mass is 79.9. The fraction of sp³-hybridized carbons (Fsp3) is 0.0417. The molecule has 5 rings (SSSR count). The number of fused-ring (bicyclic) bond motifs is 2. The number of anilines is 1. The molecule has 0 fully saturated rings. The van der Waals surface area contributed by atoms with Crippen LogP contribution in [0.5, 0.6) is 5.75 Å². The molecule has 1 amide bonds. The molecule has 0 aliphatic carbocycles. The number of halogens is 2. The smallest absolute Gasteiger partial charge is 0.266 e. The summed E-state index contributed by atoms with van der Waals surface area (Å²) in [7, 11) is 1.55. The number of para-hydroxylation sites is 2. The SMILES string of the molecule is COc1ccccc1-n1c(C=C2C(=O)Nc3ccc(Br)cc32)nc2ccc(Br)cc2c1=O. The van der Waals surface area contributed by atoms with E-state index in [-0.39, 0.29) is 11.5 Å². The summed E-state index contributed by atoms with van der Waals surface area (Å²) >= 11 is 6.89. The molecule has 6 nitrogen and oxygen atoms in total. The zero-order valence-electron chi connectivity index (χ0n) is 16.7. The van der Waals surface area contributed by atoms with Crippen molar-refractivity contribution >= 4 is 66.0 Å². The van der Waals surface area contributed by atoms with Crippen molar-refractivity contribution in [3.63, 3.8) is 0 Å². The summed E-state index contributed by atoms with van der Waals surface area (Å²) < 4.78 is 8.60. The van der Waals surface area contributed by atoms with Crippen LogP contribution in [0, 0.1) is 0 Å². The molecule has 8 heteroatoms. The third kappa shape index (κ3) is 3.45. The number of nitrogens with zero attached hydrogens (tertiary/aromatic N) is 2. The predicted octanol–water partition coefficient (Wildman–Crippen LogP) is 5.41. The number of aromatic nitrogens is 2. The number of methoxy groups -OCH3 is 1. The Bertz CT molecular complexity index is 1510. The number of benzene rings is 3. The number of carbonyl (C=O) groups excluding carboxylic acids is 1. The number of hydrogen-bond donors (Lipinski definition) is 1. The minimum atomic E-state index is -0.263. The molecule has 1 aliphatic heterocycles. The maximum absolute atomic E-state index is 13.6. The lowest BCUT2D eigenvalue weighted by Crippen LogP contribution is -2.23. The van der Waals surface area contributed by atoms with Crippen LogP contribution in [0.4, 0.5) is 5.69 Å². The van der Waals surface area contributed by atoms with E-state index in [0.717, 1.165) is 14.5 Å². The van der Waals surface area contributed by atoms with Gasteiger partial charge in [-0.25, -0.2) is 4.98 Å². The first-order valence-electron chi connectivity index (χ1n) is 9.65. The van der Waals surface area contributed by atoms with Crippen LogP contribution < -0.4 is 15.6 Å². The van der Waals surface area contributed by atoms with Crippen LogP contribution in [0.25, 0.3) is 28.2 Å². The van der Waals surface area contributed by atoms with Crippen molar-refractivity contribution in [3.05, 3.63) is 91.4 Å². The van der Waals surface area contributed by atoms with Crippen LogP contribution in [0.1, 0.15) is 11.4 Å². The lowest BCUT2D eigenvalue weighted by Gasteiger charge is -2.15. The summed E-state index contributed by atoms with van der Waals surface area (Å²) in [5.41, 5.74) is 2.67. The molecular formula is C24H15Br2N3O3. The van der Waals surface area contributed by atoms with Gasteiger partial charge in [-0.3, -0.25) is 14.2 Å². The van der Waals surface area contributed by atoms with Crippen molar-refractivity contribution in [2.45, 2.75) is 0 Å². The Kier molecular flexibility index (Phi) is 5.19. The molecular weight excluding hydrogens is 538 g/mol. The molecule has 158 valence electrons. The van der Waals surface area contributed by atoms with E-state index >= 15 is 0 Å². The quantitative estimate of drug-likeness (QED) is 0.345. The first-order valence-corrected chi connectivity index (χ1v) is 11.2. The Morgan fingerprint density at radius 1 is 1.00 bits per heavy atom. The van der Waals surface area contributed by atoms with Crippen molar-refractivity contribution in [1.82, 2.24) is 9.55 Å². The molecule has 1 N–H and O–H groups in total. The van der Waals surface area contributed by atoms with Crippen LogP contribution >= 0.6 is 31.9 Å². The van der Waals surface area contributed by atoms with E-state index in [1.807, 2.05) is 36.4 Å². The van der Waals surface area contributed by atoms with Crippen LogP contribution in [0.2, 0.25) is 0 Å². The van der Waals surface area contributed by atoms with Gasteiger partial charge in [-0.1, -0.05) is 44.0 Å². The van der Waals surface area contributed by atoms with Crippen molar-refractivity contribution in [2.75, 3.05) is 12.4 Å². The fourth-order valence-corrected chi connectivity index (χ4v) is 4.47. The van der Waals surface area contributed by atoms with Gasteiger partial charge in [-0.05, 0) is 54.6 Å². The molecule has 2 heterocycles. The number of carbonyl (C=O) groups is 1. The van der Waals surface area contributed by atoms with Gasteiger partial charge in [0, 0.05) is 20.2 Å². The molecule has 1 aromatic heterocycles. The van der Waals surface area contributed by atoms with E-state index in [1.54, 1.807) is 37.5 Å². The lowest BCUT2D eigenvalue weighted by atomic mass is 10.1. The summed E-state index contributed by atoms with van der Waals surface area (Å²) in [5, 5.41) is 3.31. The summed E-state index contributed by atoms with van der Waals surface area (Å²) in [6, 6.07) is 18.1. The van der Waals surface area contributed by atoms with Crippen LogP contribution in [-0.2, 0) is 4.79 Å². The summed E-state index contributed by atoms with van der Waals surface area (Å²) in [6.07, 6.45) is 1.64. The second kappa shape index (κ2) is 8.03. The number of rotatable bonds is 3. The van der Waals surface area contributed by atoms with E-state index < -0.39 is 0 Å². The van der Waals surface area contributed by atoms with Gasteiger partial charge in [0.1, 0.15) is 11.6 Å². The number of hydrogen-bond acceptors (Lipinski definition) is 4. The molecule has 3 aromatic carbocycles. The van der Waals surface area contributed by atoms with Crippen molar-refractivity contribution in [3.8, 4) is 11.4 Å². The normalized spacial score (nSPS) is 14.0. The van der Waals surface area contributed by atoms with E-state index in [4.69, 9.17) is 9.72 Å². The number of amides is 1. The largest absolute Gasteiger partial charge is 0.495 e. The van der Waals surface area contributed by atoms with E-state index in [2.05, 4.69) is 37.2 Å². The monoisotopic (exact) mass is 551 g/mol. The van der Waals surface area contributed by atoms with E-state index in [1.165, 1.54) is 4.57 Å². The maximum Gasteiger partial charge on any atom is 0.266 e. The Morgan fingerprint density at radius 3 is 2.56 bits per heavy atom. The second-order valence-corrected chi connectivity index (χ2v) is 8.98. The summed E-state index contributed by atoms with van der Waals surface area (Å²) in [5.74, 6) is 0.589. The van der Waals surface area contributed by atoms with Gasteiger partial charge < -0.3 is 10.1 Å². The molecule has 0 spiro atoms. The average Bonchev–Trinajstić information content (AvgIpc) is 3.09. The molecule has 1 aliphatic rings. The maximum atomic E-state index is 13.6. The van der Waals surface area contributed by atoms with Crippen LogP contribution in [0.3, 0.4) is 0 Å². The molecule has 0 unspecified atom stereocenters. The Hall–Kier alpha value is -3.23.